The van der Waals surface area contributed by atoms with Gasteiger partial charge in [-0.2, -0.15) is 11.8 Å². The zero-order valence-corrected chi connectivity index (χ0v) is 3.92. The lowest BCUT2D eigenvalue weighted by Crippen LogP contribution is -2.09. The molecule has 1 atom stereocenters. The monoisotopic (exact) mass is 87.0 g/mol. The molecule has 1 unspecified atom stereocenters. The minimum absolute atomic E-state index is 0.731. The summed E-state index contributed by atoms with van der Waals surface area (Å²) in [6.45, 7) is 3.81. The largest absolute Gasteiger partial charge is 0.159 e. The molecule has 0 saturated carbocycles. The van der Waals surface area contributed by atoms with Crippen LogP contribution in [0.2, 0.25) is 0 Å². The molecule has 1 radical (unpaired) electrons. The molecule has 1 aliphatic heterocycles. The van der Waals surface area contributed by atoms with Crippen LogP contribution in [0.3, 0.4) is 0 Å². The average molecular weight is 87.2 g/mol. The molecule has 0 bridgehead atoms. The molecule has 0 N–H and O–H groups in total. The van der Waals surface area contributed by atoms with Crippen LogP contribution in [0.1, 0.15) is 6.42 Å². The molecule has 29 valence electrons. The van der Waals surface area contributed by atoms with Crippen LogP contribution in [0.15, 0.2) is 0 Å². The molecule has 0 spiro atoms. The molecule has 1 heterocycles. The molecule has 0 aromatic rings. The fourth-order valence-corrected chi connectivity index (χ4v) is 0.854. The summed E-state index contributed by atoms with van der Waals surface area (Å²) in [4.78, 5) is 0. The van der Waals surface area contributed by atoms with Gasteiger partial charge in [0.25, 0.3) is 0 Å². The van der Waals surface area contributed by atoms with Crippen LogP contribution in [0.25, 0.3) is 0 Å². The maximum atomic E-state index is 3.81. The summed E-state index contributed by atoms with van der Waals surface area (Å²) in [6.07, 6.45) is 1.34. The Morgan fingerprint density at radius 3 is 2.20 bits per heavy atom. The van der Waals surface area contributed by atoms with Crippen molar-refractivity contribution in [2.45, 2.75) is 11.7 Å². The Balaban J connectivity index is 2.08. The van der Waals surface area contributed by atoms with Gasteiger partial charge in [-0.3, -0.25) is 0 Å². The Labute approximate surface area is 37.0 Å². The van der Waals surface area contributed by atoms with E-state index >= 15 is 0 Å². The SMILES string of the molecule is [CH2]C1CCS1. The summed E-state index contributed by atoms with van der Waals surface area (Å²) >= 11 is 1.95. The lowest BCUT2D eigenvalue weighted by molar-refractivity contribution is 0.927. The number of rotatable bonds is 0. The van der Waals surface area contributed by atoms with Crippen molar-refractivity contribution in [2.75, 3.05) is 5.75 Å². The summed E-state index contributed by atoms with van der Waals surface area (Å²) in [6, 6.07) is 0. The van der Waals surface area contributed by atoms with Crippen molar-refractivity contribution in [2.24, 2.45) is 0 Å². The van der Waals surface area contributed by atoms with Gasteiger partial charge in [0, 0.05) is 5.25 Å². The van der Waals surface area contributed by atoms with Crippen LogP contribution in [-0.4, -0.2) is 11.0 Å². The number of thioether (sulfide) groups is 1. The molecule has 0 aliphatic carbocycles. The van der Waals surface area contributed by atoms with Gasteiger partial charge < -0.3 is 0 Å². The highest BCUT2D eigenvalue weighted by Crippen LogP contribution is 2.25. The smallest absolute Gasteiger partial charge is 0.00553 e. The van der Waals surface area contributed by atoms with Crippen LogP contribution in [0, 0.1) is 6.92 Å². The van der Waals surface area contributed by atoms with Crippen molar-refractivity contribution >= 4 is 11.8 Å². The van der Waals surface area contributed by atoms with Crippen LogP contribution < -0.4 is 0 Å². The molecular weight excluding hydrogens is 80.1 g/mol. The molecule has 0 aromatic heterocycles. The highest BCUT2D eigenvalue weighted by molar-refractivity contribution is 8.01. The third-order valence-electron chi connectivity index (χ3n) is 0.793. The predicted molar refractivity (Wildman–Crippen MR) is 26.2 cm³/mol. The van der Waals surface area contributed by atoms with E-state index in [0.717, 1.165) is 5.25 Å². The van der Waals surface area contributed by atoms with Crippen LogP contribution in [-0.2, 0) is 0 Å². The molecule has 0 nitrogen and oxygen atoms in total. The first-order valence-electron chi connectivity index (χ1n) is 1.84. The van der Waals surface area contributed by atoms with E-state index in [1.807, 2.05) is 11.8 Å². The second kappa shape index (κ2) is 1.21. The van der Waals surface area contributed by atoms with E-state index in [9.17, 15) is 0 Å². The standard InChI is InChI=1S/C4H7S/c1-4-2-3-5-4/h4H,1-3H2. The number of hydrogen-bond donors (Lipinski definition) is 0. The summed E-state index contributed by atoms with van der Waals surface area (Å²) in [5.74, 6) is 1.34. The van der Waals surface area contributed by atoms with Gasteiger partial charge in [0.15, 0.2) is 0 Å². The molecule has 1 saturated heterocycles. The molecular formula is C4H7S. The fourth-order valence-electron chi connectivity index (χ4n) is 0.285. The Morgan fingerprint density at radius 1 is 1.80 bits per heavy atom. The molecule has 5 heavy (non-hydrogen) atoms. The number of hydrogen-bond acceptors (Lipinski definition) is 1. The zero-order chi connectivity index (χ0) is 3.70. The van der Waals surface area contributed by atoms with Gasteiger partial charge in [0.2, 0.25) is 0 Å². The molecule has 1 heteroatoms. The third kappa shape index (κ3) is 0.596. The van der Waals surface area contributed by atoms with Crippen molar-refractivity contribution in [1.29, 1.82) is 0 Å². The van der Waals surface area contributed by atoms with Crippen molar-refractivity contribution in [3.8, 4) is 0 Å². The van der Waals surface area contributed by atoms with Gasteiger partial charge in [-0.1, -0.05) is 0 Å². The minimum Gasteiger partial charge on any atom is -0.159 e. The van der Waals surface area contributed by atoms with Crippen LogP contribution >= 0.6 is 11.8 Å². The average Bonchev–Trinajstić information content (AvgIpc) is 1.30. The second-order valence-electron chi connectivity index (χ2n) is 1.28. The summed E-state index contributed by atoms with van der Waals surface area (Å²) in [5, 5.41) is 0.731. The Kier molecular flexibility index (Phi) is 0.856. The van der Waals surface area contributed by atoms with Gasteiger partial charge in [-0.05, 0) is 19.1 Å². The maximum Gasteiger partial charge on any atom is 0.00553 e. The van der Waals surface area contributed by atoms with Crippen LogP contribution in [0.5, 0.6) is 0 Å². The lowest BCUT2D eigenvalue weighted by Gasteiger charge is -2.18. The normalized spacial score (nSPS) is 36.6. The summed E-state index contributed by atoms with van der Waals surface area (Å²) in [7, 11) is 0. The van der Waals surface area contributed by atoms with Crippen molar-refractivity contribution in [3.05, 3.63) is 6.92 Å². The second-order valence-corrected chi connectivity index (χ2v) is 2.69. The zero-order valence-electron chi connectivity index (χ0n) is 3.11. The predicted octanol–water partition coefficient (Wildman–Crippen LogP) is 1.33. The molecule has 0 amide bonds. The van der Waals surface area contributed by atoms with Gasteiger partial charge in [-0.25, -0.2) is 0 Å². The minimum atomic E-state index is 0.731. The van der Waals surface area contributed by atoms with Crippen molar-refractivity contribution in [1.82, 2.24) is 0 Å². The fraction of sp³-hybridized carbons (Fsp3) is 0.750. The first-order chi connectivity index (χ1) is 2.39. The van der Waals surface area contributed by atoms with E-state index in [0.29, 0.717) is 0 Å². The van der Waals surface area contributed by atoms with E-state index < -0.39 is 0 Å². The lowest BCUT2D eigenvalue weighted by atomic mass is 10.3. The Hall–Kier alpha value is 0.350. The van der Waals surface area contributed by atoms with E-state index in [4.69, 9.17) is 0 Å². The molecule has 1 fully saturated rings. The van der Waals surface area contributed by atoms with Gasteiger partial charge in [0.1, 0.15) is 0 Å². The first-order valence-corrected chi connectivity index (χ1v) is 2.89. The third-order valence-corrected chi connectivity index (χ3v) is 1.97. The van der Waals surface area contributed by atoms with E-state index in [1.165, 1.54) is 12.2 Å². The summed E-state index contributed by atoms with van der Waals surface area (Å²) < 4.78 is 0. The first kappa shape index (κ1) is 3.54. The Bertz CT molecular complexity index is 30.6. The van der Waals surface area contributed by atoms with Gasteiger partial charge in [-0.15, -0.1) is 0 Å². The van der Waals surface area contributed by atoms with Crippen molar-refractivity contribution in [3.63, 3.8) is 0 Å². The Morgan fingerprint density at radius 2 is 2.20 bits per heavy atom. The molecule has 1 rings (SSSR count). The maximum absolute atomic E-state index is 3.81. The van der Waals surface area contributed by atoms with E-state index in [-0.39, 0.29) is 0 Å². The van der Waals surface area contributed by atoms with E-state index in [1.54, 1.807) is 0 Å². The highest BCUT2D eigenvalue weighted by Gasteiger charge is 2.10. The molecule has 1 aliphatic rings. The van der Waals surface area contributed by atoms with Gasteiger partial charge >= 0.3 is 0 Å². The van der Waals surface area contributed by atoms with E-state index in [2.05, 4.69) is 6.92 Å². The van der Waals surface area contributed by atoms with Crippen LogP contribution in [0.4, 0.5) is 0 Å². The quantitative estimate of drug-likeness (QED) is 0.429. The molecule has 0 aromatic carbocycles. The summed E-state index contributed by atoms with van der Waals surface area (Å²) in [5.41, 5.74) is 0. The topological polar surface area (TPSA) is 0 Å². The highest BCUT2D eigenvalue weighted by atomic mass is 32.2. The van der Waals surface area contributed by atoms with Gasteiger partial charge in [0.05, 0.1) is 0 Å². The van der Waals surface area contributed by atoms with Crippen molar-refractivity contribution < 1.29 is 0 Å².